The number of aryl methyl sites for hydroxylation is 2. The summed E-state index contributed by atoms with van der Waals surface area (Å²) in [7, 11) is 0. The first kappa shape index (κ1) is 18.6. The number of halogens is 1. The van der Waals surface area contributed by atoms with Gasteiger partial charge in [0, 0.05) is 18.0 Å². The zero-order chi connectivity index (χ0) is 19.7. The van der Waals surface area contributed by atoms with E-state index >= 15 is 0 Å². The van der Waals surface area contributed by atoms with Crippen molar-refractivity contribution in [3.63, 3.8) is 0 Å². The van der Waals surface area contributed by atoms with Gasteiger partial charge in [0.2, 0.25) is 0 Å². The Hall–Kier alpha value is -2.76. The van der Waals surface area contributed by atoms with Crippen LogP contribution in [0.1, 0.15) is 27.0 Å². The number of carbonyl (C=O) groups is 1. The lowest BCUT2D eigenvalue weighted by molar-refractivity contribution is 0.0984. The van der Waals surface area contributed by atoms with Gasteiger partial charge in [-0.2, -0.15) is 0 Å². The molecule has 0 spiro atoms. The molecule has 0 atom stereocenters. The molecule has 0 N–H and O–H groups in total. The van der Waals surface area contributed by atoms with Crippen LogP contribution < -0.4 is 4.90 Å². The van der Waals surface area contributed by atoms with Crippen molar-refractivity contribution in [2.75, 3.05) is 4.90 Å². The fraction of sp³-hybridized carbons (Fsp3) is 0.136. The number of aromatic nitrogens is 2. The summed E-state index contributed by atoms with van der Waals surface area (Å²) in [6.07, 6.45) is 3.49. The second-order valence-corrected chi connectivity index (χ2v) is 8.07. The van der Waals surface area contributed by atoms with Gasteiger partial charge in [-0.05, 0) is 49.2 Å². The van der Waals surface area contributed by atoms with Crippen molar-refractivity contribution in [1.82, 2.24) is 9.97 Å². The Morgan fingerprint density at radius 1 is 1.14 bits per heavy atom. The van der Waals surface area contributed by atoms with Crippen molar-refractivity contribution in [3.05, 3.63) is 88.2 Å². The van der Waals surface area contributed by atoms with Crippen molar-refractivity contribution in [3.8, 4) is 0 Å². The van der Waals surface area contributed by atoms with Gasteiger partial charge in [0.05, 0.1) is 16.3 Å². The SMILES string of the molecule is Cc1ccc(C)c(C(=O)N(Cc2cccnc2)c2nc3c(Cl)cccc3s2)c1. The predicted molar refractivity (Wildman–Crippen MR) is 115 cm³/mol. The molecule has 0 saturated carbocycles. The van der Waals surface area contributed by atoms with Crippen LogP contribution in [0.5, 0.6) is 0 Å². The summed E-state index contributed by atoms with van der Waals surface area (Å²) in [5.41, 5.74) is 4.31. The lowest BCUT2D eigenvalue weighted by atomic mass is 10.0. The summed E-state index contributed by atoms with van der Waals surface area (Å²) in [5, 5.41) is 1.21. The molecule has 0 aliphatic heterocycles. The van der Waals surface area contributed by atoms with Gasteiger partial charge in [0.1, 0.15) is 5.52 Å². The van der Waals surface area contributed by atoms with Gasteiger partial charge >= 0.3 is 0 Å². The molecule has 0 fully saturated rings. The number of carbonyl (C=O) groups excluding carboxylic acids is 1. The normalized spacial score (nSPS) is 11.0. The monoisotopic (exact) mass is 407 g/mol. The van der Waals surface area contributed by atoms with Gasteiger partial charge in [-0.3, -0.25) is 14.7 Å². The molecule has 28 heavy (non-hydrogen) atoms. The fourth-order valence-electron chi connectivity index (χ4n) is 3.03. The third-order valence-electron chi connectivity index (χ3n) is 4.52. The van der Waals surface area contributed by atoms with E-state index in [1.165, 1.54) is 11.3 Å². The molecular weight excluding hydrogens is 390 g/mol. The second-order valence-electron chi connectivity index (χ2n) is 6.65. The Bertz CT molecular complexity index is 1160. The van der Waals surface area contributed by atoms with Gasteiger partial charge in [0.15, 0.2) is 5.13 Å². The number of benzene rings is 2. The molecular formula is C22H18ClN3OS. The van der Waals surface area contributed by atoms with E-state index in [-0.39, 0.29) is 5.91 Å². The van der Waals surface area contributed by atoms with Crippen molar-refractivity contribution in [2.24, 2.45) is 0 Å². The van der Waals surface area contributed by atoms with E-state index in [1.807, 2.05) is 62.4 Å². The topological polar surface area (TPSA) is 46.1 Å². The molecule has 0 unspecified atom stereocenters. The third-order valence-corrected chi connectivity index (χ3v) is 5.87. The Morgan fingerprint density at radius 3 is 2.75 bits per heavy atom. The average Bonchev–Trinajstić information content (AvgIpc) is 3.14. The Balaban J connectivity index is 1.82. The Morgan fingerprint density at radius 2 is 2.00 bits per heavy atom. The van der Waals surface area contributed by atoms with E-state index in [0.717, 1.165) is 21.4 Å². The van der Waals surface area contributed by atoms with E-state index in [1.54, 1.807) is 17.3 Å². The molecule has 4 aromatic rings. The molecule has 0 aliphatic carbocycles. The van der Waals surface area contributed by atoms with Gasteiger partial charge in [0.25, 0.3) is 5.91 Å². The molecule has 0 aliphatic rings. The van der Waals surface area contributed by atoms with Crippen molar-refractivity contribution < 1.29 is 4.79 Å². The standard InChI is InChI=1S/C22H18ClN3OS/c1-14-8-9-15(2)17(11-14)21(27)26(13-16-5-4-10-24-12-16)22-25-20-18(23)6-3-7-19(20)28-22/h3-12H,13H2,1-2H3. The highest BCUT2D eigenvalue weighted by Gasteiger charge is 2.23. The molecule has 2 heterocycles. The number of para-hydroxylation sites is 1. The number of fused-ring (bicyclic) bond motifs is 1. The molecule has 2 aromatic heterocycles. The summed E-state index contributed by atoms with van der Waals surface area (Å²) in [5.74, 6) is -0.0831. The van der Waals surface area contributed by atoms with E-state index in [2.05, 4.69) is 9.97 Å². The van der Waals surface area contributed by atoms with Gasteiger partial charge in [-0.25, -0.2) is 4.98 Å². The average molecular weight is 408 g/mol. The zero-order valence-electron chi connectivity index (χ0n) is 15.5. The molecule has 1 amide bonds. The van der Waals surface area contributed by atoms with E-state index < -0.39 is 0 Å². The highest BCUT2D eigenvalue weighted by molar-refractivity contribution is 7.22. The minimum absolute atomic E-state index is 0.0831. The van der Waals surface area contributed by atoms with E-state index in [4.69, 9.17) is 11.6 Å². The minimum atomic E-state index is -0.0831. The van der Waals surface area contributed by atoms with Crippen LogP contribution in [0, 0.1) is 13.8 Å². The highest BCUT2D eigenvalue weighted by atomic mass is 35.5. The molecule has 0 bridgehead atoms. The van der Waals surface area contributed by atoms with Gasteiger partial charge < -0.3 is 0 Å². The van der Waals surface area contributed by atoms with Crippen LogP contribution in [0.2, 0.25) is 5.02 Å². The maximum Gasteiger partial charge on any atom is 0.260 e. The Kier molecular flexibility index (Phi) is 5.11. The first-order valence-corrected chi connectivity index (χ1v) is 10.1. The second kappa shape index (κ2) is 7.70. The fourth-order valence-corrected chi connectivity index (χ4v) is 4.29. The van der Waals surface area contributed by atoms with Crippen LogP contribution in [0.4, 0.5) is 5.13 Å². The quantitative estimate of drug-likeness (QED) is 0.429. The summed E-state index contributed by atoms with van der Waals surface area (Å²) >= 11 is 7.77. The van der Waals surface area contributed by atoms with E-state index in [0.29, 0.717) is 27.8 Å². The zero-order valence-corrected chi connectivity index (χ0v) is 17.1. The lowest BCUT2D eigenvalue weighted by Crippen LogP contribution is -2.31. The smallest absolute Gasteiger partial charge is 0.260 e. The van der Waals surface area contributed by atoms with Crippen LogP contribution in [-0.4, -0.2) is 15.9 Å². The van der Waals surface area contributed by atoms with Crippen LogP contribution in [-0.2, 0) is 6.54 Å². The number of anilines is 1. The van der Waals surface area contributed by atoms with Gasteiger partial charge in [-0.15, -0.1) is 0 Å². The maximum atomic E-state index is 13.5. The lowest BCUT2D eigenvalue weighted by Gasteiger charge is -2.21. The number of amides is 1. The van der Waals surface area contributed by atoms with Crippen molar-refractivity contribution in [2.45, 2.75) is 20.4 Å². The first-order chi connectivity index (χ1) is 13.5. The summed E-state index contributed by atoms with van der Waals surface area (Å²) in [4.78, 5) is 24.1. The largest absolute Gasteiger partial charge is 0.279 e. The third kappa shape index (κ3) is 3.63. The van der Waals surface area contributed by atoms with Crippen LogP contribution >= 0.6 is 22.9 Å². The number of thiazole rings is 1. The number of nitrogens with zero attached hydrogens (tertiary/aromatic N) is 3. The Labute approximate surface area is 172 Å². The molecule has 0 radical (unpaired) electrons. The van der Waals surface area contributed by atoms with Crippen LogP contribution in [0.15, 0.2) is 60.9 Å². The molecule has 2 aromatic carbocycles. The summed E-state index contributed by atoms with van der Waals surface area (Å²) in [6.45, 7) is 4.32. The number of hydrogen-bond donors (Lipinski definition) is 0. The maximum absolute atomic E-state index is 13.5. The minimum Gasteiger partial charge on any atom is -0.279 e. The number of hydrogen-bond acceptors (Lipinski definition) is 4. The highest BCUT2D eigenvalue weighted by Crippen LogP contribution is 2.34. The molecule has 140 valence electrons. The van der Waals surface area contributed by atoms with Gasteiger partial charge in [-0.1, -0.05) is 52.8 Å². The number of pyridine rings is 1. The van der Waals surface area contributed by atoms with Crippen LogP contribution in [0.25, 0.3) is 10.2 Å². The molecule has 4 rings (SSSR count). The summed E-state index contributed by atoms with van der Waals surface area (Å²) in [6, 6.07) is 15.4. The molecule has 6 heteroatoms. The van der Waals surface area contributed by atoms with Crippen LogP contribution in [0.3, 0.4) is 0 Å². The first-order valence-electron chi connectivity index (χ1n) is 8.86. The molecule has 4 nitrogen and oxygen atoms in total. The van der Waals surface area contributed by atoms with Crippen molar-refractivity contribution >= 4 is 44.2 Å². The number of rotatable bonds is 4. The van der Waals surface area contributed by atoms with Crippen molar-refractivity contribution in [1.29, 1.82) is 0 Å². The van der Waals surface area contributed by atoms with E-state index in [9.17, 15) is 4.79 Å². The predicted octanol–water partition coefficient (Wildman–Crippen LogP) is 5.81. The molecule has 0 saturated heterocycles. The summed E-state index contributed by atoms with van der Waals surface area (Å²) < 4.78 is 0.951.